The van der Waals surface area contributed by atoms with Crippen molar-refractivity contribution in [2.45, 2.75) is 25.3 Å². The first-order valence-electron chi connectivity index (χ1n) is 8.99. The summed E-state index contributed by atoms with van der Waals surface area (Å²) < 4.78 is 0. The molecule has 2 aromatic carbocycles. The van der Waals surface area contributed by atoms with E-state index in [2.05, 4.69) is 15.6 Å². The number of para-hydroxylation sites is 1. The Morgan fingerprint density at radius 3 is 2.64 bits per heavy atom. The first kappa shape index (κ1) is 18.7. The van der Waals surface area contributed by atoms with Gasteiger partial charge >= 0.3 is 0 Å². The number of aromatic nitrogens is 1. The summed E-state index contributed by atoms with van der Waals surface area (Å²) in [5, 5.41) is 9.03. The monoisotopic (exact) mass is 411 g/mol. The molecule has 1 aromatic heterocycles. The van der Waals surface area contributed by atoms with Crippen LogP contribution in [-0.4, -0.2) is 22.8 Å². The number of anilines is 1. The molecule has 0 radical (unpaired) electrons. The first-order valence-corrected chi connectivity index (χ1v) is 10.2. The molecule has 1 heterocycles. The minimum Gasteiger partial charge on any atom is -0.349 e. The minimum atomic E-state index is -0.220. The molecule has 2 amide bonds. The van der Waals surface area contributed by atoms with E-state index >= 15 is 0 Å². The molecule has 5 nitrogen and oxygen atoms in total. The van der Waals surface area contributed by atoms with Crippen molar-refractivity contribution in [3.05, 3.63) is 70.2 Å². The van der Waals surface area contributed by atoms with Gasteiger partial charge in [-0.05, 0) is 31.0 Å². The summed E-state index contributed by atoms with van der Waals surface area (Å²) in [5.41, 5.74) is 2.49. The lowest BCUT2D eigenvalue weighted by molar-refractivity contribution is -0.115. The summed E-state index contributed by atoms with van der Waals surface area (Å²) in [6.45, 7) is 0. The maximum atomic E-state index is 12.5. The van der Waals surface area contributed by atoms with Gasteiger partial charge in [-0.3, -0.25) is 9.59 Å². The normalized spacial score (nSPS) is 13.2. The Balaban J connectivity index is 1.44. The van der Waals surface area contributed by atoms with Crippen LogP contribution in [0.25, 0.3) is 10.6 Å². The van der Waals surface area contributed by atoms with Crippen molar-refractivity contribution >= 4 is 40.4 Å². The second-order valence-corrected chi connectivity index (χ2v) is 7.91. The maximum absolute atomic E-state index is 12.5. The highest BCUT2D eigenvalue weighted by Gasteiger charge is 2.25. The molecule has 1 saturated carbocycles. The van der Waals surface area contributed by atoms with Gasteiger partial charge in [-0.15, -0.1) is 11.3 Å². The zero-order valence-corrected chi connectivity index (χ0v) is 16.5. The van der Waals surface area contributed by atoms with Crippen molar-refractivity contribution in [2.75, 3.05) is 5.32 Å². The average Bonchev–Trinajstić information content (AvgIpc) is 3.38. The van der Waals surface area contributed by atoms with E-state index in [9.17, 15) is 9.59 Å². The summed E-state index contributed by atoms with van der Waals surface area (Å²) in [5.74, 6) is -0.379. The van der Waals surface area contributed by atoms with Crippen LogP contribution >= 0.6 is 22.9 Å². The predicted octanol–water partition coefficient (Wildman–Crippen LogP) is 4.54. The fraction of sp³-hybridized carbons (Fsp3) is 0.190. The van der Waals surface area contributed by atoms with E-state index in [1.165, 1.54) is 11.3 Å². The van der Waals surface area contributed by atoms with Gasteiger partial charge in [0, 0.05) is 17.0 Å². The molecule has 4 rings (SSSR count). The summed E-state index contributed by atoms with van der Waals surface area (Å²) >= 11 is 7.67. The van der Waals surface area contributed by atoms with E-state index in [1.54, 1.807) is 24.3 Å². The topological polar surface area (TPSA) is 71.1 Å². The number of carbonyl (C=O) groups excluding carboxylic acids is 2. The summed E-state index contributed by atoms with van der Waals surface area (Å²) in [4.78, 5) is 29.4. The number of halogens is 1. The Bertz CT molecular complexity index is 1030. The molecule has 2 N–H and O–H groups in total. The van der Waals surface area contributed by atoms with Crippen molar-refractivity contribution in [1.29, 1.82) is 0 Å². The Morgan fingerprint density at radius 1 is 1.11 bits per heavy atom. The van der Waals surface area contributed by atoms with Gasteiger partial charge in [-0.2, -0.15) is 0 Å². The highest BCUT2D eigenvalue weighted by Crippen LogP contribution is 2.30. The molecule has 0 unspecified atom stereocenters. The van der Waals surface area contributed by atoms with E-state index in [1.807, 2.05) is 29.6 Å². The number of nitrogens with one attached hydrogen (secondary N) is 2. The Morgan fingerprint density at radius 2 is 1.86 bits per heavy atom. The van der Waals surface area contributed by atoms with E-state index in [0.717, 1.165) is 23.4 Å². The number of amides is 2. The lowest BCUT2D eigenvalue weighted by atomic mass is 10.1. The van der Waals surface area contributed by atoms with Crippen molar-refractivity contribution in [2.24, 2.45) is 0 Å². The number of rotatable bonds is 6. The summed E-state index contributed by atoms with van der Waals surface area (Å²) in [6, 6.07) is 14.8. The SMILES string of the molecule is O=C(Cc1csc(-c2ccccc2Cl)n1)Nc1ccccc1C(=O)NC1CC1. The molecule has 0 atom stereocenters. The van der Waals surface area contributed by atoms with E-state index in [-0.39, 0.29) is 24.3 Å². The van der Waals surface area contributed by atoms with E-state index in [0.29, 0.717) is 22.0 Å². The minimum absolute atomic E-state index is 0.125. The smallest absolute Gasteiger partial charge is 0.253 e. The van der Waals surface area contributed by atoms with Crippen LogP contribution in [-0.2, 0) is 11.2 Å². The molecule has 1 aliphatic rings. The van der Waals surface area contributed by atoms with Crippen LogP contribution < -0.4 is 10.6 Å². The van der Waals surface area contributed by atoms with Crippen LogP contribution in [0, 0.1) is 0 Å². The Kier molecular flexibility index (Phi) is 5.41. The Hall–Kier alpha value is -2.70. The third kappa shape index (κ3) is 4.40. The Labute approximate surface area is 171 Å². The number of hydrogen-bond donors (Lipinski definition) is 2. The number of carbonyl (C=O) groups is 2. The van der Waals surface area contributed by atoms with Crippen molar-refractivity contribution in [1.82, 2.24) is 10.3 Å². The summed E-state index contributed by atoms with van der Waals surface area (Å²) in [6.07, 6.45) is 2.15. The molecular weight excluding hydrogens is 394 g/mol. The van der Waals surface area contributed by atoms with Crippen molar-refractivity contribution in [3.8, 4) is 10.6 Å². The first-order chi connectivity index (χ1) is 13.6. The van der Waals surface area contributed by atoms with Gasteiger partial charge in [0.2, 0.25) is 5.91 Å². The quantitative estimate of drug-likeness (QED) is 0.625. The number of hydrogen-bond acceptors (Lipinski definition) is 4. The van der Waals surface area contributed by atoms with Crippen LogP contribution in [0.1, 0.15) is 28.9 Å². The molecule has 1 aliphatic carbocycles. The standard InChI is InChI=1S/C21H18ClN3O2S/c22-17-7-3-1-5-15(17)21-24-14(12-28-21)11-19(26)25-18-8-4-2-6-16(18)20(27)23-13-9-10-13/h1-8,12-13H,9-11H2,(H,23,27)(H,25,26). The van der Waals surface area contributed by atoms with Crippen LogP contribution in [0.3, 0.4) is 0 Å². The largest absolute Gasteiger partial charge is 0.349 e. The molecule has 3 aromatic rings. The maximum Gasteiger partial charge on any atom is 0.253 e. The molecule has 0 bridgehead atoms. The molecule has 0 aliphatic heterocycles. The number of nitrogens with zero attached hydrogens (tertiary/aromatic N) is 1. The molecular formula is C21H18ClN3O2S. The third-order valence-corrected chi connectivity index (χ3v) is 5.61. The molecule has 0 saturated heterocycles. The van der Waals surface area contributed by atoms with Gasteiger partial charge in [-0.25, -0.2) is 4.98 Å². The van der Waals surface area contributed by atoms with Gasteiger partial charge < -0.3 is 10.6 Å². The molecule has 28 heavy (non-hydrogen) atoms. The van der Waals surface area contributed by atoms with Crippen LogP contribution in [0.2, 0.25) is 5.02 Å². The number of benzene rings is 2. The lowest BCUT2D eigenvalue weighted by Crippen LogP contribution is -2.27. The van der Waals surface area contributed by atoms with Crippen LogP contribution in [0.15, 0.2) is 53.9 Å². The predicted molar refractivity (Wildman–Crippen MR) is 112 cm³/mol. The van der Waals surface area contributed by atoms with Crippen LogP contribution in [0.5, 0.6) is 0 Å². The second kappa shape index (κ2) is 8.12. The van der Waals surface area contributed by atoms with Gasteiger partial charge in [0.15, 0.2) is 0 Å². The summed E-state index contributed by atoms with van der Waals surface area (Å²) in [7, 11) is 0. The lowest BCUT2D eigenvalue weighted by Gasteiger charge is -2.10. The zero-order chi connectivity index (χ0) is 19.5. The van der Waals surface area contributed by atoms with Crippen molar-refractivity contribution in [3.63, 3.8) is 0 Å². The molecule has 0 spiro atoms. The molecule has 1 fully saturated rings. The van der Waals surface area contributed by atoms with Gasteiger partial charge in [0.05, 0.1) is 28.4 Å². The van der Waals surface area contributed by atoms with Gasteiger partial charge in [-0.1, -0.05) is 41.9 Å². The van der Waals surface area contributed by atoms with Crippen molar-refractivity contribution < 1.29 is 9.59 Å². The molecule has 142 valence electrons. The zero-order valence-electron chi connectivity index (χ0n) is 14.9. The van der Waals surface area contributed by atoms with Gasteiger partial charge in [0.1, 0.15) is 5.01 Å². The number of thiazole rings is 1. The van der Waals surface area contributed by atoms with Gasteiger partial charge in [0.25, 0.3) is 5.91 Å². The fourth-order valence-corrected chi connectivity index (χ4v) is 3.93. The molecule has 7 heteroatoms. The van der Waals surface area contributed by atoms with Crippen LogP contribution in [0.4, 0.5) is 5.69 Å². The van der Waals surface area contributed by atoms with E-state index < -0.39 is 0 Å². The second-order valence-electron chi connectivity index (χ2n) is 6.64. The fourth-order valence-electron chi connectivity index (χ4n) is 2.79. The van der Waals surface area contributed by atoms with E-state index in [4.69, 9.17) is 11.6 Å². The highest BCUT2D eigenvalue weighted by molar-refractivity contribution is 7.13. The highest BCUT2D eigenvalue weighted by atomic mass is 35.5. The average molecular weight is 412 g/mol. The third-order valence-electron chi connectivity index (χ3n) is 4.36.